The standard InChI is InChI=1S/C20H20ClN3O3/c21-17-7-3-16(4-8-17)14-27-18-9-5-15(6-10-18)13-22-23-19(25)20(26)24-11-1-2-12-24/h3-10,13H,1-2,11-12,14H2,(H,23,25)/b22-13+. The van der Waals surface area contributed by atoms with Crippen LogP contribution < -0.4 is 10.2 Å². The van der Waals surface area contributed by atoms with E-state index in [0.29, 0.717) is 24.7 Å². The third-order valence-corrected chi connectivity index (χ3v) is 4.42. The lowest BCUT2D eigenvalue weighted by Gasteiger charge is -2.12. The topological polar surface area (TPSA) is 71.0 Å². The van der Waals surface area contributed by atoms with Gasteiger partial charge in [0.25, 0.3) is 0 Å². The number of amides is 2. The van der Waals surface area contributed by atoms with Crippen molar-refractivity contribution in [3.05, 3.63) is 64.7 Å². The maximum absolute atomic E-state index is 11.9. The SMILES string of the molecule is O=C(N/N=C/c1ccc(OCc2ccc(Cl)cc2)cc1)C(=O)N1CCCC1. The van der Waals surface area contributed by atoms with E-state index in [9.17, 15) is 9.59 Å². The summed E-state index contributed by atoms with van der Waals surface area (Å²) >= 11 is 5.86. The molecule has 140 valence electrons. The van der Waals surface area contributed by atoms with Gasteiger partial charge >= 0.3 is 11.8 Å². The highest BCUT2D eigenvalue weighted by Gasteiger charge is 2.23. The van der Waals surface area contributed by atoms with E-state index in [1.54, 1.807) is 0 Å². The fraction of sp³-hybridized carbons (Fsp3) is 0.250. The van der Waals surface area contributed by atoms with Crippen molar-refractivity contribution in [1.82, 2.24) is 10.3 Å². The zero-order valence-electron chi connectivity index (χ0n) is 14.7. The van der Waals surface area contributed by atoms with Crippen LogP contribution in [-0.4, -0.2) is 36.0 Å². The van der Waals surface area contributed by atoms with Crippen molar-refractivity contribution in [2.45, 2.75) is 19.4 Å². The number of rotatable bonds is 5. The smallest absolute Gasteiger partial charge is 0.329 e. The first-order valence-corrected chi connectivity index (χ1v) is 9.09. The minimum Gasteiger partial charge on any atom is -0.489 e. The third kappa shape index (κ3) is 5.56. The minimum absolute atomic E-state index is 0.444. The monoisotopic (exact) mass is 385 g/mol. The number of ether oxygens (including phenoxy) is 1. The van der Waals surface area contributed by atoms with Crippen LogP contribution in [0.4, 0.5) is 0 Å². The van der Waals surface area contributed by atoms with Crippen LogP contribution in [0.2, 0.25) is 5.02 Å². The molecule has 0 bridgehead atoms. The molecule has 0 spiro atoms. The second-order valence-electron chi connectivity index (χ2n) is 6.18. The molecule has 1 saturated heterocycles. The first-order chi connectivity index (χ1) is 13.1. The van der Waals surface area contributed by atoms with Crippen molar-refractivity contribution in [2.75, 3.05) is 13.1 Å². The predicted octanol–water partition coefficient (Wildman–Crippen LogP) is 2.99. The van der Waals surface area contributed by atoms with Gasteiger partial charge in [-0.1, -0.05) is 23.7 Å². The van der Waals surface area contributed by atoms with Crippen molar-refractivity contribution in [3.63, 3.8) is 0 Å². The van der Waals surface area contributed by atoms with E-state index in [1.807, 2.05) is 48.5 Å². The Kier molecular flexibility index (Phi) is 6.44. The summed E-state index contributed by atoms with van der Waals surface area (Å²) < 4.78 is 5.71. The Morgan fingerprint density at radius 3 is 2.41 bits per heavy atom. The number of hydrogen-bond donors (Lipinski definition) is 1. The summed E-state index contributed by atoms with van der Waals surface area (Å²) in [6.45, 7) is 1.71. The van der Waals surface area contributed by atoms with Crippen LogP contribution in [0, 0.1) is 0 Å². The van der Waals surface area contributed by atoms with E-state index in [1.165, 1.54) is 11.1 Å². The zero-order valence-corrected chi connectivity index (χ0v) is 15.5. The molecule has 1 fully saturated rings. The van der Waals surface area contributed by atoms with Crippen molar-refractivity contribution in [1.29, 1.82) is 0 Å². The molecule has 2 aromatic rings. The van der Waals surface area contributed by atoms with Gasteiger partial charge in [0.15, 0.2) is 0 Å². The van der Waals surface area contributed by atoms with Gasteiger partial charge in [-0.25, -0.2) is 5.43 Å². The second kappa shape index (κ2) is 9.19. The highest BCUT2D eigenvalue weighted by Crippen LogP contribution is 2.15. The van der Waals surface area contributed by atoms with Crippen molar-refractivity contribution < 1.29 is 14.3 Å². The van der Waals surface area contributed by atoms with Gasteiger partial charge < -0.3 is 9.64 Å². The number of benzene rings is 2. The van der Waals surface area contributed by atoms with Gasteiger partial charge in [-0.05, 0) is 60.4 Å². The van der Waals surface area contributed by atoms with Crippen LogP contribution in [-0.2, 0) is 16.2 Å². The Bertz CT molecular complexity index is 813. The predicted molar refractivity (Wildman–Crippen MR) is 104 cm³/mol. The molecular formula is C20H20ClN3O3. The molecule has 1 N–H and O–H groups in total. The van der Waals surface area contributed by atoms with Crippen LogP contribution in [0.1, 0.15) is 24.0 Å². The van der Waals surface area contributed by atoms with E-state index >= 15 is 0 Å². The normalized spacial score (nSPS) is 13.7. The molecule has 6 nitrogen and oxygen atoms in total. The van der Waals surface area contributed by atoms with Gasteiger partial charge in [0.05, 0.1) is 6.21 Å². The first-order valence-electron chi connectivity index (χ1n) is 8.71. The van der Waals surface area contributed by atoms with Crippen LogP contribution in [0.15, 0.2) is 53.6 Å². The van der Waals surface area contributed by atoms with E-state index in [-0.39, 0.29) is 0 Å². The summed E-state index contributed by atoms with van der Waals surface area (Å²) in [6, 6.07) is 14.7. The quantitative estimate of drug-likeness (QED) is 0.488. The zero-order chi connectivity index (χ0) is 19.1. The lowest BCUT2D eigenvalue weighted by Crippen LogP contribution is -2.39. The number of hydrazone groups is 1. The fourth-order valence-corrected chi connectivity index (χ4v) is 2.80. The van der Waals surface area contributed by atoms with E-state index in [4.69, 9.17) is 16.3 Å². The lowest BCUT2D eigenvalue weighted by atomic mass is 10.2. The average molecular weight is 386 g/mol. The number of carbonyl (C=O) groups excluding carboxylic acids is 2. The molecule has 0 atom stereocenters. The molecular weight excluding hydrogens is 366 g/mol. The van der Waals surface area contributed by atoms with Gasteiger partial charge in [0.2, 0.25) is 0 Å². The Balaban J connectivity index is 1.46. The summed E-state index contributed by atoms with van der Waals surface area (Å²) in [5.74, 6) is -0.526. The summed E-state index contributed by atoms with van der Waals surface area (Å²) in [4.78, 5) is 25.2. The third-order valence-electron chi connectivity index (χ3n) is 4.17. The van der Waals surface area contributed by atoms with Crippen molar-refractivity contribution in [2.24, 2.45) is 5.10 Å². The van der Waals surface area contributed by atoms with Crippen LogP contribution >= 0.6 is 11.6 Å². The fourth-order valence-electron chi connectivity index (χ4n) is 2.67. The van der Waals surface area contributed by atoms with Crippen LogP contribution in [0.25, 0.3) is 0 Å². The number of halogens is 1. The van der Waals surface area contributed by atoms with Crippen molar-refractivity contribution >= 4 is 29.6 Å². The molecule has 27 heavy (non-hydrogen) atoms. The van der Waals surface area contributed by atoms with Gasteiger partial charge in [-0.3, -0.25) is 9.59 Å². The van der Waals surface area contributed by atoms with Gasteiger partial charge in [0.1, 0.15) is 12.4 Å². The second-order valence-corrected chi connectivity index (χ2v) is 6.62. The Morgan fingerprint density at radius 2 is 1.74 bits per heavy atom. The number of nitrogens with zero attached hydrogens (tertiary/aromatic N) is 2. The molecule has 2 amide bonds. The minimum atomic E-state index is -0.712. The number of hydrogen-bond acceptors (Lipinski definition) is 4. The van der Waals surface area contributed by atoms with E-state index in [2.05, 4.69) is 10.5 Å². The van der Waals surface area contributed by atoms with Crippen LogP contribution in [0.5, 0.6) is 5.75 Å². The highest BCUT2D eigenvalue weighted by atomic mass is 35.5. The average Bonchev–Trinajstić information content (AvgIpc) is 3.22. The molecule has 1 aliphatic heterocycles. The largest absolute Gasteiger partial charge is 0.489 e. The summed E-state index contributed by atoms with van der Waals surface area (Å²) in [5, 5.41) is 4.53. The molecule has 2 aromatic carbocycles. The molecule has 3 rings (SSSR count). The Morgan fingerprint density at radius 1 is 1.07 bits per heavy atom. The summed E-state index contributed by atoms with van der Waals surface area (Å²) in [7, 11) is 0. The number of likely N-dealkylation sites (tertiary alicyclic amines) is 1. The Hall–Kier alpha value is -2.86. The number of carbonyl (C=O) groups is 2. The first kappa shape index (κ1) is 18.9. The molecule has 1 heterocycles. The maximum Gasteiger partial charge on any atom is 0.329 e. The molecule has 1 aliphatic rings. The molecule has 0 saturated carbocycles. The highest BCUT2D eigenvalue weighted by molar-refractivity contribution is 6.35. The van der Waals surface area contributed by atoms with Gasteiger partial charge in [-0.15, -0.1) is 0 Å². The lowest BCUT2D eigenvalue weighted by molar-refractivity contribution is -0.145. The Labute approximate surface area is 162 Å². The molecule has 0 radical (unpaired) electrons. The molecule has 0 unspecified atom stereocenters. The van der Waals surface area contributed by atoms with Crippen molar-refractivity contribution in [3.8, 4) is 5.75 Å². The van der Waals surface area contributed by atoms with Gasteiger partial charge in [0, 0.05) is 18.1 Å². The molecule has 0 aliphatic carbocycles. The maximum atomic E-state index is 11.9. The van der Waals surface area contributed by atoms with E-state index in [0.717, 1.165) is 29.7 Å². The van der Waals surface area contributed by atoms with Gasteiger partial charge in [-0.2, -0.15) is 5.10 Å². The number of nitrogens with one attached hydrogen (secondary N) is 1. The summed E-state index contributed by atoms with van der Waals surface area (Å²) in [5.41, 5.74) is 4.07. The molecule has 7 heteroatoms. The summed E-state index contributed by atoms with van der Waals surface area (Å²) in [6.07, 6.45) is 3.36. The van der Waals surface area contributed by atoms with Crippen LogP contribution in [0.3, 0.4) is 0 Å². The molecule has 0 aromatic heterocycles. The van der Waals surface area contributed by atoms with E-state index < -0.39 is 11.8 Å².